The minimum absolute atomic E-state index is 0.312. The summed E-state index contributed by atoms with van der Waals surface area (Å²) < 4.78 is 35.1. The molecule has 0 saturated carbocycles. The smallest absolute Gasteiger partial charge is 0.221 e. The first-order valence-electron chi connectivity index (χ1n) is 9.31. The van der Waals surface area contributed by atoms with E-state index >= 15 is 0 Å². The molecule has 6 nitrogen and oxygen atoms in total. The van der Waals surface area contributed by atoms with E-state index in [2.05, 4.69) is 4.98 Å². The molecule has 1 aliphatic heterocycles. The number of benzene rings is 2. The van der Waals surface area contributed by atoms with E-state index in [0.29, 0.717) is 30.3 Å². The van der Waals surface area contributed by atoms with Crippen LogP contribution in [0.25, 0.3) is 5.69 Å². The molecule has 0 N–H and O–H groups in total. The van der Waals surface area contributed by atoms with Crippen molar-refractivity contribution in [2.75, 3.05) is 13.7 Å². The molecule has 2 aromatic carbocycles. The van der Waals surface area contributed by atoms with Gasteiger partial charge in [-0.1, -0.05) is 29.8 Å². The van der Waals surface area contributed by atoms with E-state index in [1.807, 2.05) is 35.9 Å². The summed E-state index contributed by atoms with van der Waals surface area (Å²) in [4.78, 5) is 4.25. The molecule has 152 valence electrons. The van der Waals surface area contributed by atoms with Crippen LogP contribution in [-0.2, 0) is 16.6 Å². The number of hydrogen-bond acceptors (Lipinski definition) is 4. The highest BCUT2D eigenvalue weighted by molar-refractivity contribution is 7.89. The third kappa shape index (κ3) is 3.90. The number of halogens is 1. The van der Waals surface area contributed by atoms with Crippen LogP contribution in [0.5, 0.6) is 5.75 Å². The molecule has 0 unspecified atom stereocenters. The Morgan fingerprint density at radius 3 is 2.62 bits per heavy atom. The SMILES string of the molecule is COc1cc(CN2CC[C@H](c3ccc(Cl)cc3)S2(=O)=O)ccc1-n1cnc(C)c1. The molecule has 2 heterocycles. The minimum Gasteiger partial charge on any atom is -0.495 e. The topological polar surface area (TPSA) is 64.4 Å². The van der Waals surface area contributed by atoms with Crippen molar-refractivity contribution in [3.05, 3.63) is 76.8 Å². The zero-order chi connectivity index (χ0) is 20.6. The number of aromatic nitrogens is 2. The van der Waals surface area contributed by atoms with E-state index in [1.165, 1.54) is 0 Å². The summed E-state index contributed by atoms with van der Waals surface area (Å²) in [5.41, 5.74) is 3.43. The summed E-state index contributed by atoms with van der Waals surface area (Å²) >= 11 is 5.93. The minimum atomic E-state index is -3.44. The summed E-state index contributed by atoms with van der Waals surface area (Å²) in [7, 11) is -1.83. The fourth-order valence-corrected chi connectivity index (χ4v) is 5.77. The Hall–Kier alpha value is -2.35. The number of sulfonamides is 1. The lowest BCUT2D eigenvalue weighted by molar-refractivity contribution is 0.408. The number of nitrogens with zero attached hydrogens (tertiary/aromatic N) is 3. The van der Waals surface area contributed by atoms with Gasteiger partial charge in [0.05, 0.1) is 24.8 Å². The molecule has 0 spiro atoms. The number of methoxy groups -OCH3 is 1. The van der Waals surface area contributed by atoms with Crippen LogP contribution in [0.15, 0.2) is 55.0 Å². The maximum Gasteiger partial charge on any atom is 0.221 e. The van der Waals surface area contributed by atoms with Crippen molar-refractivity contribution >= 4 is 21.6 Å². The van der Waals surface area contributed by atoms with Gasteiger partial charge in [-0.2, -0.15) is 4.31 Å². The highest BCUT2D eigenvalue weighted by Gasteiger charge is 2.39. The predicted molar refractivity (Wildman–Crippen MR) is 113 cm³/mol. The first-order valence-corrected chi connectivity index (χ1v) is 11.2. The van der Waals surface area contributed by atoms with Gasteiger partial charge in [-0.25, -0.2) is 13.4 Å². The lowest BCUT2D eigenvalue weighted by Gasteiger charge is -2.18. The molecule has 1 aliphatic rings. The maximum atomic E-state index is 13.1. The van der Waals surface area contributed by atoms with E-state index in [-0.39, 0.29) is 0 Å². The molecular formula is C21H22ClN3O3S. The molecule has 0 amide bonds. The normalized spacial score (nSPS) is 18.8. The molecule has 1 atom stereocenters. The molecule has 3 aromatic rings. The Morgan fingerprint density at radius 1 is 1.21 bits per heavy atom. The van der Waals surface area contributed by atoms with E-state index in [9.17, 15) is 8.42 Å². The monoisotopic (exact) mass is 431 g/mol. The lowest BCUT2D eigenvalue weighted by Crippen LogP contribution is -2.26. The van der Waals surface area contributed by atoms with Crippen molar-refractivity contribution in [1.29, 1.82) is 0 Å². The van der Waals surface area contributed by atoms with Gasteiger partial charge in [0.15, 0.2) is 0 Å². The maximum absolute atomic E-state index is 13.1. The molecule has 0 aliphatic carbocycles. The van der Waals surface area contributed by atoms with Gasteiger partial charge in [0, 0.05) is 24.3 Å². The van der Waals surface area contributed by atoms with Gasteiger partial charge in [-0.05, 0) is 48.7 Å². The second-order valence-electron chi connectivity index (χ2n) is 7.14. The van der Waals surface area contributed by atoms with Crippen LogP contribution in [0.1, 0.15) is 28.5 Å². The average molecular weight is 432 g/mol. The molecule has 0 bridgehead atoms. The fourth-order valence-electron chi connectivity index (χ4n) is 3.69. The van der Waals surface area contributed by atoms with Gasteiger partial charge < -0.3 is 9.30 Å². The first-order chi connectivity index (χ1) is 13.9. The second-order valence-corrected chi connectivity index (χ2v) is 9.69. The van der Waals surface area contributed by atoms with Crippen molar-refractivity contribution in [2.24, 2.45) is 0 Å². The van der Waals surface area contributed by atoms with Crippen LogP contribution in [0, 0.1) is 6.92 Å². The first kappa shape index (κ1) is 19.9. The summed E-state index contributed by atoms with van der Waals surface area (Å²) in [6.45, 7) is 2.72. The zero-order valence-corrected chi connectivity index (χ0v) is 17.8. The van der Waals surface area contributed by atoms with Gasteiger partial charge in [0.2, 0.25) is 10.0 Å². The summed E-state index contributed by atoms with van der Waals surface area (Å²) in [5.74, 6) is 0.672. The Balaban J connectivity index is 1.57. The van der Waals surface area contributed by atoms with Gasteiger partial charge >= 0.3 is 0 Å². The highest BCUT2D eigenvalue weighted by atomic mass is 35.5. The van der Waals surface area contributed by atoms with Crippen LogP contribution < -0.4 is 4.74 Å². The third-order valence-electron chi connectivity index (χ3n) is 5.19. The number of rotatable bonds is 5. The molecule has 1 aromatic heterocycles. The third-order valence-corrected chi connectivity index (χ3v) is 7.71. The highest BCUT2D eigenvalue weighted by Crippen LogP contribution is 2.37. The standard InChI is InChI=1S/C21H22ClN3O3S/c1-15-12-24(14-23-15)19-8-3-16(11-20(19)28-2)13-25-10-9-21(29(25,26)27)17-4-6-18(22)7-5-17/h3-8,11-12,14,21H,9-10,13H2,1-2H3/t21-/m1/s1. The fraction of sp³-hybridized carbons (Fsp3) is 0.286. The van der Waals surface area contributed by atoms with Crippen molar-refractivity contribution < 1.29 is 13.2 Å². The molecule has 1 saturated heterocycles. The molecule has 0 radical (unpaired) electrons. The number of imidazole rings is 1. The van der Waals surface area contributed by atoms with E-state index < -0.39 is 15.3 Å². The summed E-state index contributed by atoms with van der Waals surface area (Å²) in [5, 5.41) is 0.0659. The van der Waals surface area contributed by atoms with Crippen molar-refractivity contribution in [2.45, 2.75) is 25.1 Å². The zero-order valence-electron chi connectivity index (χ0n) is 16.2. The van der Waals surface area contributed by atoms with E-state index in [0.717, 1.165) is 22.5 Å². The van der Waals surface area contributed by atoms with Crippen LogP contribution in [0.4, 0.5) is 0 Å². The van der Waals surface area contributed by atoms with Crippen molar-refractivity contribution in [3.63, 3.8) is 0 Å². The number of ether oxygens (including phenoxy) is 1. The van der Waals surface area contributed by atoms with E-state index in [1.54, 1.807) is 42.0 Å². The number of hydrogen-bond donors (Lipinski definition) is 0. The Morgan fingerprint density at radius 2 is 1.97 bits per heavy atom. The molecule has 1 fully saturated rings. The summed E-state index contributed by atoms with van der Waals surface area (Å²) in [6, 6.07) is 12.8. The largest absolute Gasteiger partial charge is 0.495 e. The Kier molecular flexibility index (Phi) is 5.38. The molecule has 4 rings (SSSR count). The molecule has 8 heteroatoms. The van der Waals surface area contributed by atoms with Crippen LogP contribution in [-0.4, -0.2) is 35.9 Å². The van der Waals surface area contributed by atoms with Crippen LogP contribution in [0.3, 0.4) is 0 Å². The number of aryl methyl sites for hydroxylation is 1. The quantitative estimate of drug-likeness (QED) is 0.609. The second kappa shape index (κ2) is 7.82. The average Bonchev–Trinajstić information content (AvgIpc) is 3.25. The van der Waals surface area contributed by atoms with Crippen molar-refractivity contribution in [1.82, 2.24) is 13.9 Å². The Bertz CT molecular complexity index is 1130. The van der Waals surface area contributed by atoms with Gasteiger partial charge in [-0.3, -0.25) is 0 Å². The van der Waals surface area contributed by atoms with Crippen LogP contribution >= 0.6 is 11.6 Å². The molecular weight excluding hydrogens is 410 g/mol. The molecule has 29 heavy (non-hydrogen) atoms. The lowest BCUT2D eigenvalue weighted by atomic mass is 10.1. The van der Waals surface area contributed by atoms with Gasteiger partial charge in [0.1, 0.15) is 11.0 Å². The Labute approximate surface area is 175 Å². The van der Waals surface area contributed by atoms with E-state index in [4.69, 9.17) is 16.3 Å². The van der Waals surface area contributed by atoms with Crippen LogP contribution in [0.2, 0.25) is 5.02 Å². The van der Waals surface area contributed by atoms with Gasteiger partial charge in [0.25, 0.3) is 0 Å². The van der Waals surface area contributed by atoms with Crippen molar-refractivity contribution in [3.8, 4) is 11.4 Å². The predicted octanol–water partition coefficient (Wildman–Crippen LogP) is 4.12. The summed E-state index contributed by atoms with van der Waals surface area (Å²) in [6.07, 6.45) is 4.21. The van der Waals surface area contributed by atoms with Gasteiger partial charge in [-0.15, -0.1) is 0 Å².